The lowest BCUT2D eigenvalue weighted by atomic mass is 10.0. The highest BCUT2D eigenvalue weighted by molar-refractivity contribution is 5.94. The maximum absolute atomic E-state index is 13.5. The first-order valence-electron chi connectivity index (χ1n) is 11.2. The molecule has 0 saturated carbocycles. The van der Waals surface area contributed by atoms with Gasteiger partial charge in [-0.15, -0.1) is 0 Å². The van der Waals surface area contributed by atoms with Crippen LogP contribution >= 0.6 is 0 Å². The number of carbonyl (C=O) groups is 1. The summed E-state index contributed by atoms with van der Waals surface area (Å²) in [5.41, 5.74) is 2.79. The fraction of sp³-hybridized carbons (Fsp3) is 0.542. The summed E-state index contributed by atoms with van der Waals surface area (Å²) in [6.45, 7) is 7.86. The van der Waals surface area contributed by atoms with E-state index in [1.165, 1.54) is 6.42 Å². The molecule has 0 N–H and O–H groups in total. The monoisotopic (exact) mass is 405 g/mol. The van der Waals surface area contributed by atoms with Crippen molar-refractivity contribution in [2.24, 2.45) is 5.92 Å². The number of nitriles is 1. The lowest BCUT2D eigenvalue weighted by molar-refractivity contribution is 0.0570. The zero-order valence-electron chi connectivity index (χ0n) is 18.0. The number of fused-ring (bicyclic) bond motifs is 1. The normalized spacial score (nSPS) is 18.5. The van der Waals surface area contributed by atoms with E-state index in [0.717, 1.165) is 56.0 Å². The molecule has 0 radical (unpaired) electrons. The highest BCUT2D eigenvalue weighted by Crippen LogP contribution is 2.28. The number of hydrogen-bond donors (Lipinski definition) is 0. The average Bonchev–Trinajstić information content (AvgIpc) is 2.95. The Labute approximate surface area is 179 Å². The standard InChI is InChI=1S/C24H31N5O/c1-18(2)21(17-25)27-13-15-28(16-14-27)24(30)22-20-11-7-4-8-12-29(20)23(26-22)19-9-5-3-6-10-19/h3,5-6,9-10,18,21H,4,7-8,11-16H2,1-2H3. The van der Waals surface area contributed by atoms with Crippen LogP contribution in [-0.2, 0) is 13.0 Å². The van der Waals surface area contributed by atoms with Crippen molar-refractivity contribution >= 4 is 5.91 Å². The Bertz CT molecular complexity index is 919. The van der Waals surface area contributed by atoms with E-state index in [0.29, 0.717) is 18.8 Å². The molecular weight excluding hydrogens is 374 g/mol. The number of aromatic nitrogens is 2. The van der Waals surface area contributed by atoms with Gasteiger partial charge in [0.05, 0.1) is 11.8 Å². The smallest absolute Gasteiger partial charge is 0.274 e. The van der Waals surface area contributed by atoms with Gasteiger partial charge in [0.1, 0.15) is 17.6 Å². The van der Waals surface area contributed by atoms with E-state index in [1.807, 2.05) is 23.1 Å². The molecule has 6 heteroatoms. The molecule has 0 spiro atoms. The van der Waals surface area contributed by atoms with Crippen molar-refractivity contribution in [3.63, 3.8) is 0 Å². The number of carbonyl (C=O) groups excluding carboxylic acids is 1. The van der Waals surface area contributed by atoms with Gasteiger partial charge in [0.2, 0.25) is 0 Å². The van der Waals surface area contributed by atoms with Crippen LogP contribution in [0.2, 0.25) is 0 Å². The lowest BCUT2D eigenvalue weighted by Gasteiger charge is -2.38. The largest absolute Gasteiger partial charge is 0.335 e. The first-order valence-corrected chi connectivity index (χ1v) is 11.2. The summed E-state index contributed by atoms with van der Waals surface area (Å²) in [5, 5.41) is 9.49. The maximum atomic E-state index is 13.5. The van der Waals surface area contributed by atoms with Gasteiger partial charge < -0.3 is 9.47 Å². The van der Waals surface area contributed by atoms with Crippen LogP contribution in [0.5, 0.6) is 0 Å². The Balaban J connectivity index is 1.58. The van der Waals surface area contributed by atoms with Gasteiger partial charge in [-0.1, -0.05) is 50.6 Å². The minimum atomic E-state index is -0.0872. The predicted molar refractivity (Wildman–Crippen MR) is 117 cm³/mol. The van der Waals surface area contributed by atoms with Crippen LogP contribution in [0.15, 0.2) is 30.3 Å². The topological polar surface area (TPSA) is 65.2 Å². The molecule has 2 aliphatic heterocycles. The van der Waals surface area contributed by atoms with Crippen LogP contribution in [0, 0.1) is 17.2 Å². The van der Waals surface area contributed by atoms with Crippen LogP contribution in [0.3, 0.4) is 0 Å². The van der Waals surface area contributed by atoms with E-state index in [4.69, 9.17) is 4.98 Å². The van der Waals surface area contributed by atoms with Crippen LogP contribution in [0.1, 0.15) is 49.3 Å². The van der Waals surface area contributed by atoms with Crippen LogP contribution < -0.4 is 0 Å². The fourth-order valence-electron chi connectivity index (χ4n) is 4.70. The minimum Gasteiger partial charge on any atom is -0.335 e. The molecule has 1 unspecified atom stereocenters. The van der Waals surface area contributed by atoms with Gasteiger partial charge >= 0.3 is 0 Å². The molecule has 0 aliphatic carbocycles. The highest BCUT2D eigenvalue weighted by Gasteiger charge is 2.31. The fourth-order valence-corrected chi connectivity index (χ4v) is 4.70. The van der Waals surface area contributed by atoms with Gasteiger partial charge in [-0.25, -0.2) is 4.98 Å². The molecule has 1 amide bonds. The van der Waals surface area contributed by atoms with Gasteiger partial charge in [-0.3, -0.25) is 9.69 Å². The number of piperazine rings is 1. The predicted octanol–water partition coefficient (Wildman–Crippen LogP) is 3.58. The number of imidazole rings is 1. The summed E-state index contributed by atoms with van der Waals surface area (Å²) in [5.74, 6) is 1.24. The van der Waals surface area contributed by atoms with Gasteiger partial charge in [-0.2, -0.15) is 5.26 Å². The molecule has 6 nitrogen and oxygen atoms in total. The van der Waals surface area contributed by atoms with Crippen molar-refractivity contribution in [2.45, 2.75) is 52.1 Å². The molecule has 2 aromatic rings. The summed E-state index contributed by atoms with van der Waals surface area (Å²) in [6.07, 6.45) is 4.32. The molecule has 2 aliphatic rings. The third kappa shape index (κ3) is 3.99. The second kappa shape index (κ2) is 9.01. The molecule has 1 aromatic heterocycles. The molecule has 158 valence electrons. The average molecular weight is 406 g/mol. The number of rotatable bonds is 4. The summed E-state index contributed by atoms with van der Waals surface area (Å²) in [4.78, 5) is 22.5. The minimum absolute atomic E-state index is 0.0422. The first kappa shape index (κ1) is 20.6. The molecule has 1 fully saturated rings. The molecule has 3 heterocycles. The van der Waals surface area contributed by atoms with Crippen molar-refractivity contribution in [2.75, 3.05) is 26.2 Å². The second-order valence-corrected chi connectivity index (χ2v) is 8.71. The molecule has 1 saturated heterocycles. The van der Waals surface area contributed by atoms with Crippen molar-refractivity contribution < 1.29 is 4.79 Å². The Morgan fingerprint density at radius 2 is 1.77 bits per heavy atom. The van der Waals surface area contributed by atoms with Crippen molar-refractivity contribution in [3.05, 3.63) is 41.7 Å². The third-order valence-electron chi connectivity index (χ3n) is 6.36. The molecular formula is C24H31N5O. The van der Waals surface area contributed by atoms with Crippen LogP contribution in [0.4, 0.5) is 0 Å². The van der Waals surface area contributed by atoms with E-state index in [2.05, 4.69) is 41.5 Å². The molecule has 0 bridgehead atoms. The Kier molecular flexibility index (Phi) is 6.19. The summed E-state index contributed by atoms with van der Waals surface area (Å²) < 4.78 is 2.27. The van der Waals surface area contributed by atoms with Crippen LogP contribution in [0.25, 0.3) is 11.4 Å². The van der Waals surface area contributed by atoms with Crippen molar-refractivity contribution in [3.8, 4) is 17.5 Å². The maximum Gasteiger partial charge on any atom is 0.274 e. The van der Waals surface area contributed by atoms with Gasteiger partial charge in [0.25, 0.3) is 5.91 Å². The first-order chi connectivity index (χ1) is 14.6. The van der Waals surface area contributed by atoms with E-state index in [-0.39, 0.29) is 17.9 Å². The number of nitrogens with zero attached hydrogens (tertiary/aromatic N) is 5. The van der Waals surface area contributed by atoms with E-state index in [1.54, 1.807) is 0 Å². The number of amides is 1. The van der Waals surface area contributed by atoms with E-state index < -0.39 is 0 Å². The second-order valence-electron chi connectivity index (χ2n) is 8.71. The quantitative estimate of drug-likeness (QED) is 0.780. The Morgan fingerprint density at radius 3 is 2.43 bits per heavy atom. The zero-order chi connectivity index (χ0) is 21.1. The van der Waals surface area contributed by atoms with Gasteiger partial charge in [-0.05, 0) is 25.2 Å². The van der Waals surface area contributed by atoms with E-state index in [9.17, 15) is 10.1 Å². The molecule has 1 aromatic carbocycles. The van der Waals surface area contributed by atoms with Crippen molar-refractivity contribution in [1.82, 2.24) is 19.4 Å². The Hall–Kier alpha value is -2.65. The summed E-state index contributed by atoms with van der Waals surface area (Å²) in [6, 6.07) is 12.5. The third-order valence-corrected chi connectivity index (χ3v) is 6.36. The summed E-state index contributed by atoms with van der Waals surface area (Å²) in [7, 11) is 0. The SMILES string of the molecule is CC(C)C(C#N)N1CCN(C(=O)c2nc(-c3ccccc3)n3c2CCCCC3)CC1. The lowest BCUT2D eigenvalue weighted by Crippen LogP contribution is -2.53. The number of benzene rings is 1. The van der Waals surface area contributed by atoms with Crippen molar-refractivity contribution in [1.29, 1.82) is 5.26 Å². The highest BCUT2D eigenvalue weighted by atomic mass is 16.2. The van der Waals surface area contributed by atoms with Gasteiger partial charge in [0, 0.05) is 38.3 Å². The van der Waals surface area contributed by atoms with E-state index >= 15 is 0 Å². The molecule has 1 atom stereocenters. The van der Waals surface area contributed by atoms with Gasteiger partial charge in [0.15, 0.2) is 0 Å². The van der Waals surface area contributed by atoms with Crippen LogP contribution in [-0.4, -0.2) is 57.5 Å². The number of hydrogen-bond acceptors (Lipinski definition) is 4. The zero-order valence-corrected chi connectivity index (χ0v) is 18.0. The summed E-state index contributed by atoms with van der Waals surface area (Å²) >= 11 is 0. The molecule has 4 rings (SSSR count). The Morgan fingerprint density at radius 1 is 1.03 bits per heavy atom. The molecule has 30 heavy (non-hydrogen) atoms.